The minimum absolute atomic E-state index is 0.0358. The largest absolute Gasteiger partial charge is 0.493 e. The molecule has 0 saturated heterocycles. The first kappa shape index (κ1) is 23.3. The molecule has 8 heteroatoms. The molecule has 0 atom stereocenters. The molecule has 3 N–H and O–H groups in total. The Morgan fingerprint density at radius 2 is 1.77 bits per heavy atom. The van der Waals surface area contributed by atoms with E-state index < -0.39 is 0 Å². The van der Waals surface area contributed by atoms with Crippen molar-refractivity contribution in [2.24, 2.45) is 4.99 Å². The number of nitrogens with zero attached hydrogens (tertiary/aromatic N) is 1. The van der Waals surface area contributed by atoms with Gasteiger partial charge >= 0.3 is 0 Å². The highest BCUT2D eigenvalue weighted by Gasteiger charge is 2.06. The number of rotatable bonds is 10. The number of guanidine groups is 1. The quantitative estimate of drug-likeness (QED) is 0.302. The Morgan fingerprint density at radius 3 is 2.43 bits per heavy atom. The first-order chi connectivity index (χ1) is 14.5. The zero-order valence-electron chi connectivity index (χ0n) is 17.6. The van der Waals surface area contributed by atoms with Gasteiger partial charge < -0.3 is 25.4 Å². The summed E-state index contributed by atoms with van der Waals surface area (Å²) in [7, 11) is 3.22. The summed E-state index contributed by atoms with van der Waals surface area (Å²) >= 11 is 5.85. The lowest BCUT2D eigenvalue weighted by molar-refractivity contribution is -0.116. The van der Waals surface area contributed by atoms with Crippen LogP contribution in [-0.2, 0) is 11.3 Å². The lowest BCUT2D eigenvalue weighted by Crippen LogP contribution is -2.38. The maximum Gasteiger partial charge on any atom is 0.224 e. The monoisotopic (exact) mass is 432 g/mol. The van der Waals surface area contributed by atoms with Gasteiger partial charge in [0, 0.05) is 30.2 Å². The highest BCUT2D eigenvalue weighted by molar-refractivity contribution is 6.30. The molecule has 30 heavy (non-hydrogen) atoms. The average molecular weight is 433 g/mol. The molecule has 1 amide bonds. The number of anilines is 1. The fourth-order valence-electron chi connectivity index (χ4n) is 2.70. The van der Waals surface area contributed by atoms with Gasteiger partial charge in [-0.3, -0.25) is 4.79 Å². The van der Waals surface area contributed by atoms with Gasteiger partial charge in [0.2, 0.25) is 5.91 Å². The fourth-order valence-corrected chi connectivity index (χ4v) is 2.83. The highest BCUT2D eigenvalue weighted by atomic mass is 35.5. The molecule has 0 aliphatic heterocycles. The van der Waals surface area contributed by atoms with E-state index in [2.05, 4.69) is 20.9 Å². The molecular formula is C22H29ClN4O3. The van der Waals surface area contributed by atoms with Crippen molar-refractivity contribution in [2.45, 2.75) is 26.3 Å². The van der Waals surface area contributed by atoms with Crippen LogP contribution >= 0.6 is 11.6 Å². The predicted molar refractivity (Wildman–Crippen MR) is 122 cm³/mol. The minimum Gasteiger partial charge on any atom is -0.493 e. The molecule has 0 fully saturated rings. The smallest absolute Gasteiger partial charge is 0.224 e. The number of amides is 1. The van der Waals surface area contributed by atoms with Crippen LogP contribution in [0.4, 0.5) is 5.69 Å². The summed E-state index contributed by atoms with van der Waals surface area (Å²) in [6, 6.07) is 12.8. The number of hydrogen-bond acceptors (Lipinski definition) is 4. The van der Waals surface area contributed by atoms with Crippen molar-refractivity contribution in [2.75, 3.05) is 32.6 Å². The second-order valence-electron chi connectivity index (χ2n) is 6.47. The second kappa shape index (κ2) is 12.6. The Kier molecular flexibility index (Phi) is 9.80. The Balaban J connectivity index is 1.80. The van der Waals surface area contributed by atoms with Gasteiger partial charge in [-0.15, -0.1) is 0 Å². The third kappa shape index (κ3) is 7.83. The van der Waals surface area contributed by atoms with E-state index in [4.69, 9.17) is 21.1 Å². The number of carbonyl (C=O) groups is 1. The van der Waals surface area contributed by atoms with E-state index in [9.17, 15) is 4.79 Å². The Bertz CT molecular complexity index is 841. The van der Waals surface area contributed by atoms with Crippen molar-refractivity contribution in [3.63, 3.8) is 0 Å². The molecule has 0 bridgehead atoms. The van der Waals surface area contributed by atoms with Gasteiger partial charge in [-0.1, -0.05) is 17.7 Å². The molecule has 2 rings (SSSR count). The van der Waals surface area contributed by atoms with Gasteiger partial charge in [-0.2, -0.15) is 0 Å². The second-order valence-corrected chi connectivity index (χ2v) is 6.91. The normalized spacial score (nSPS) is 11.0. The van der Waals surface area contributed by atoms with Crippen molar-refractivity contribution >= 4 is 29.2 Å². The van der Waals surface area contributed by atoms with E-state index >= 15 is 0 Å². The number of ether oxygens (including phenoxy) is 2. The van der Waals surface area contributed by atoms with Crippen LogP contribution in [0.2, 0.25) is 5.02 Å². The zero-order valence-corrected chi connectivity index (χ0v) is 18.4. The van der Waals surface area contributed by atoms with E-state index in [0.717, 1.165) is 17.8 Å². The summed E-state index contributed by atoms with van der Waals surface area (Å²) in [5, 5.41) is 9.96. The van der Waals surface area contributed by atoms with Crippen molar-refractivity contribution in [1.29, 1.82) is 0 Å². The van der Waals surface area contributed by atoms with Crippen LogP contribution in [0, 0.1) is 0 Å². The number of halogens is 1. The SMILES string of the molecule is CCNC(=NCc1ccc(OC)c(OC)c1)NCCCC(=O)Nc1ccc(Cl)cc1. The molecule has 0 unspecified atom stereocenters. The minimum atomic E-state index is -0.0358. The van der Waals surface area contributed by atoms with Crippen LogP contribution in [0.25, 0.3) is 0 Å². The molecule has 0 aromatic heterocycles. The lowest BCUT2D eigenvalue weighted by atomic mass is 10.2. The van der Waals surface area contributed by atoms with Crippen molar-refractivity contribution in [1.82, 2.24) is 10.6 Å². The van der Waals surface area contributed by atoms with Crippen LogP contribution in [-0.4, -0.2) is 39.2 Å². The maximum absolute atomic E-state index is 12.1. The molecule has 2 aromatic carbocycles. The summed E-state index contributed by atoms with van der Waals surface area (Å²) < 4.78 is 10.6. The Labute approximate surface area is 182 Å². The molecule has 2 aromatic rings. The van der Waals surface area contributed by atoms with E-state index in [1.54, 1.807) is 38.5 Å². The highest BCUT2D eigenvalue weighted by Crippen LogP contribution is 2.27. The number of nitrogens with one attached hydrogen (secondary N) is 3. The summed E-state index contributed by atoms with van der Waals surface area (Å²) in [5.74, 6) is 2.03. The van der Waals surface area contributed by atoms with Crippen molar-refractivity contribution < 1.29 is 14.3 Å². The van der Waals surface area contributed by atoms with Crippen LogP contribution < -0.4 is 25.4 Å². The van der Waals surface area contributed by atoms with E-state index in [0.29, 0.717) is 48.4 Å². The third-order valence-corrected chi connectivity index (χ3v) is 4.46. The zero-order chi connectivity index (χ0) is 21.8. The van der Waals surface area contributed by atoms with Crippen LogP contribution in [0.15, 0.2) is 47.5 Å². The van der Waals surface area contributed by atoms with Crippen molar-refractivity contribution in [3.8, 4) is 11.5 Å². The molecular weight excluding hydrogens is 404 g/mol. The van der Waals surface area contributed by atoms with E-state index in [-0.39, 0.29) is 5.91 Å². The van der Waals surface area contributed by atoms with E-state index in [1.807, 2.05) is 25.1 Å². The maximum atomic E-state index is 12.1. The summed E-state index contributed by atoms with van der Waals surface area (Å²) in [4.78, 5) is 16.6. The average Bonchev–Trinajstić information content (AvgIpc) is 2.76. The molecule has 0 saturated carbocycles. The number of hydrogen-bond donors (Lipinski definition) is 3. The van der Waals surface area contributed by atoms with Gasteiger partial charge in [0.1, 0.15) is 0 Å². The number of benzene rings is 2. The number of aliphatic imine (C=N–C) groups is 1. The third-order valence-electron chi connectivity index (χ3n) is 4.21. The topological polar surface area (TPSA) is 84.0 Å². The summed E-state index contributed by atoms with van der Waals surface area (Å²) in [6.45, 7) is 3.88. The molecule has 0 aliphatic carbocycles. The van der Waals surface area contributed by atoms with Gasteiger partial charge in [-0.25, -0.2) is 4.99 Å². The van der Waals surface area contributed by atoms with Crippen LogP contribution in [0.1, 0.15) is 25.3 Å². The molecule has 162 valence electrons. The van der Waals surface area contributed by atoms with Crippen LogP contribution in [0.3, 0.4) is 0 Å². The molecule has 0 heterocycles. The first-order valence-electron chi connectivity index (χ1n) is 9.84. The molecule has 0 radical (unpaired) electrons. The lowest BCUT2D eigenvalue weighted by Gasteiger charge is -2.12. The Morgan fingerprint density at radius 1 is 1.03 bits per heavy atom. The molecule has 0 aliphatic rings. The van der Waals surface area contributed by atoms with Gasteiger partial charge in [0.25, 0.3) is 0 Å². The summed E-state index contributed by atoms with van der Waals surface area (Å²) in [6.07, 6.45) is 1.09. The first-order valence-corrected chi connectivity index (χ1v) is 10.2. The van der Waals surface area contributed by atoms with E-state index in [1.165, 1.54) is 0 Å². The summed E-state index contributed by atoms with van der Waals surface area (Å²) in [5.41, 5.74) is 1.74. The predicted octanol–water partition coefficient (Wildman–Crippen LogP) is 3.83. The fraction of sp³-hybridized carbons (Fsp3) is 0.364. The van der Waals surface area contributed by atoms with Gasteiger partial charge in [0.15, 0.2) is 17.5 Å². The van der Waals surface area contributed by atoms with Crippen LogP contribution in [0.5, 0.6) is 11.5 Å². The molecule has 0 spiro atoms. The van der Waals surface area contributed by atoms with Gasteiger partial charge in [0.05, 0.1) is 20.8 Å². The Hall–Kier alpha value is -2.93. The number of methoxy groups -OCH3 is 2. The molecule has 7 nitrogen and oxygen atoms in total. The number of carbonyl (C=O) groups excluding carboxylic acids is 1. The standard InChI is InChI=1S/C22H29ClN4O3/c1-4-24-22(26-15-16-7-12-19(29-2)20(14-16)30-3)25-13-5-6-21(28)27-18-10-8-17(23)9-11-18/h7-12,14H,4-6,13,15H2,1-3H3,(H,27,28)(H2,24,25,26). The van der Waals surface area contributed by atoms with Crippen molar-refractivity contribution in [3.05, 3.63) is 53.1 Å². The van der Waals surface area contributed by atoms with Gasteiger partial charge in [-0.05, 0) is 55.3 Å².